The van der Waals surface area contributed by atoms with Crippen molar-refractivity contribution in [2.75, 3.05) is 33.5 Å². The lowest BCUT2D eigenvalue weighted by atomic mass is 9.88. The van der Waals surface area contributed by atoms with Gasteiger partial charge in [0.15, 0.2) is 55.2 Å². The first-order valence-electron chi connectivity index (χ1n) is 30.2. The van der Waals surface area contributed by atoms with Crippen LogP contribution in [0.3, 0.4) is 0 Å². The quantitative estimate of drug-likeness (QED) is 0.0868. The Kier molecular flexibility index (Phi) is 25.2. The van der Waals surface area contributed by atoms with Crippen molar-refractivity contribution in [2.24, 2.45) is 0 Å². The van der Waals surface area contributed by atoms with Gasteiger partial charge >= 0.3 is 71.9 Å². The number of nitrogens with zero attached hydrogens (tertiary/aromatic N) is 1. The minimum Gasteiger partial charge on any atom is -0.480 e. The number of fused-ring (bicyclic) bond motifs is 4. The first-order chi connectivity index (χ1) is 45.7. The third kappa shape index (κ3) is 18.4. The highest BCUT2D eigenvalue weighted by atomic mass is 16.8. The van der Waals surface area contributed by atoms with Gasteiger partial charge in [-0.15, -0.1) is 0 Å². The van der Waals surface area contributed by atoms with Crippen molar-refractivity contribution in [3.8, 4) is 11.1 Å². The van der Waals surface area contributed by atoms with Gasteiger partial charge in [0.2, 0.25) is 11.8 Å². The molecule has 3 N–H and O–H groups in total. The predicted molar refractivity (Wildman–Crippen MR) is 313 cm³/mol. The Balaban J connectivity index is 1.35. The molecule has 0 saturated carbocycles. The van der Waals surface area contributed by atoms with Gasteiger partial charge in [0.1, 0.15) is 62.4 Å². The van der Waals surface area contributed by atoms with Crippen molar-refractivity contribution in [3.63, 3.8) is 0 Å². The number of esters is 9. The number of carbonyl (C=O) groups excluding carboxylic acids is 13. The molecule has 2 aromatic rings. The van der Waals surface area contributed by atoms with Gasteiger partial charge in [-0.3, -0.25) is 47.9 Å². The van der Waals surface area contributed by atoms with Crippen LogP contribution in [-0.4, -0.2) is 237 Å². The molecular weight excluding hydrogens is 1300 g/mol. The molecule has 7 rings (SSSR count). The van der Waals surface area contributed by atoms with E-state index in [1.807, 2.05) is 36.4 Å². The van der Waals surface area contributed by atoms with Gasteiger partial charge in [0, 0.05) is 75.2 Å². The third-order valence-electron chi connectivity index (χ3n) is 15.6. The summed E-state index contributed by atoms with van der Waals surface area (Å²) in [5.74, 6) is -17.0. The number of rotatable bonds is 26. The second kappa shape index (κ2) is 32.5. The van der Waals surface area contributed by atoms with Gasteiger partial charge in [0.25, 0.3) is 5.79 Å². The van der Waals surface area contributed by atoms with Gasteiger partial charge in [0.05, 0.1) is 26.2 Å². The Bertz CT molecular complexity index is 3300. The number of methoxy groups -OCH3 is 1. The Morgan fingerprint density at radius 1 is 0.629 bits per heavy atom. The third-order valence-corrected chi connectivity index (χ3v) is 15.6. The summed E-state index contributed by atoms with van der Waals surface area (Å²) in [4.78, 5) is 186. The molecule has 0 bridgehead atoms. The lowest BCUT2D eigenvalue weighted by molar-refractivity contribution is -0.358. The molecule has 4 aliphatic heterocycles. The van der Waals surface area contributed by atoms with E-state index in [9.17, 15) is 72.2 Å². The molecule has 2 aromatic carbocycles. The number of benzene rings is 2. The molecule has 4 amide bonds. The Morgan fingerprint density at radius 2 is 1.16 bits per heavy atom. The number of imide groups is 1. The number of hydrogen-bond acceptors (Lipinski definition) is 31. The molecule has 18 atom stereocenters. The second-order valence-electron chi connectivity index (χ2n) is 22.8. The largest absolute Gasteiger partial charge is 0.480 e. The minimum atomic E-state index is -3.01. The Morgan fingerprint density at radius 3 is 1.69 bits per heavy atom. The fourth-order valence-corrected chi connectivity index (χ4v) is 12.0. The molecule has 4 heterocycles. The van der Waals surface area contributed by atoms with Crippen LogP contribution < -0.4 is 10.6 Å². The van der Waals surface area contributed by atoms with Gasteiger partial charge in [-0.05, 0) is 29.2 Å². The fourth-order valence-electron chi connectivity index (χ4n) is 12.0. The monoisotopic (exact) mass is 1370 g/mol. The number of aliphatic carboxylic acids is 1. The average molecular weight is 1370 g/mol. The zero-order valence-electron chi connectivity index (χ0n) is 54.6. The Labute approximate surface area is 553 Å². The summed E-state index contributed by atoms with van der Waals surface area (Å²) in [6, 6.07) is 9.05. The molecule has 5 aliphatic rings. The van der Waals surface area contributed by atoms with E-state index in [1.165, 1.54) is 0 Å². The number of alkyl carbamates (subject to hydrolysis) is 1. The van der Waals surface area contributed by atoms with Crippen LogP contribution >= 0.6 is 0 Å². The van der Waals surface area contributed by atoms with Crippen molar-refractivity contribution in [3.05, 3.63) is 59.7 Å². The number of carboxylic acids is 1. The van der Waals surface area contributed by atoms with Crippen molar-refractivity contribution < 1.29 is 153 Å². The van der Waals surface area contributed by atoms with Gasteiger partial charge in [-0.1, -0.05) is 48.5 Å². The standard InChI is InChI=1S/C62H75N3O32/c1-26(46(56(76)77)64-60(79)84-22-41-39-19-15-13-17-37(39)38-18-14-16-20-40(38)41)86-57-47(63-27(2)66)52(96-58-55(92-36(11)75)54(91-35(10)74)51(90-34(9)73)44(94-58)24-83-30(5)69)49(88-32(7)71)45(93-57)25-85-62(59(78)81-12)21-42-48(65(28(3)67)61(80)95-42)53(97-62)50(89-33(8)72)43(87-31(6)70)23-82-29(4)68/h13-20,26,41-55,57-58H,21-25H2,1-12H3,(H,63,66)(H,64,79)(H,76,77)/t26-,42+,43-,44-,45-,46+,47-,48-,49+,50-,51+,52-,53-,54+,55-,57+,58+,62-/m1/s1. The lowest BCUT2D eigenvalue weighted by Gasteiger charge is -2.50. The van der Waals surface area contributed by atoms with Crippen LogP contribution in [0.4, 0.5) is 9.59 Å². The molecule has 530 valence electrons. The van der Waals surface area contributed by atoms with Crippen LogP contribution in [0, 0.1) is 0 Å². The maximum Gasteiger partial charge on any atom is 0.417 e. The van der Waals surface area contributed by atoms with Crippen LogP contribution in [0.2, 0.25) is 0 Å². The molecule has 1 aliphatic carbocycles. The van der Waals surface area contributed by atoms with Crippen LogP contribution in [0.15, 0.2) is 48.5 Å². The SMILES string of the molecule is COC(=O)[C@@]1(OC[C@H]2O[C@H](O[C@H](C)[C@H](NC(=O)OCC3c4ccccc4-c4ccccc43)C(=O)O)[C@H](NC(C)=O)[C@@H](O[C@@H]3O[C@H](COC(C)=O)[C@H](OC(C)=O)[C@H](OC(C)=O)[C@H]3OC(C)=O)[C@H]2OC(C)=O)C[C@@H]2OC(=O)N(C(C)=O)[C@H]2[C@H]([C@H](OC(C)=O)[C@@H](COC(C)=O)OC(C)=O)O1. The zero-order chi connectivity index (χ0) is 71.5. The van der Waals surface area contributed by atoms with Crippen molar-refractivity contribution in [2.45, 2.75) is 198 Å². The predicted octanol–water partition coefficient (Wildman–Crippen LogP) is 0.850. The minimum absolute atomic E-state index is 0.281. The summed E-state index contributed by atoms with van der Waals surface area (Å²) < 4.78 is 99.5. The molecule has 4 saturated heterocycles. The Hall–Kier alpha value is -9.42. The number of carboxylic acid groups (broad SMARTS) is 1. The fraction of sp³-hybridized carbons (Fsp3) is 0.581. The normalized spacial score (nSPS) is 27.5. The molecular formula is C62H75N3O32. The average Bonchev–Trinajstić information content (AvgIpc) is 1.46. The highest BCUT2D eigenvalue weighted by molar-refractivity contribution is 5.93. The molecule has 0 spiro atoms. The van der Waals surface area contributed by atoms with Crippen molar-refractivity contribution >= 4 is 83.7 Å². The summed E-state index contributed by atoms with van der Waals surface area (Å²) in [6.07, 6.45) is -31.1. The summed E-state index contributed by atoms with van der Waals surface area (Å²) in [7, 11) is 0.848. The molecule has 97 heavy (non-hydrogen) atoms. The molecule has 0 radical (unpaired) electrons. The summed E-state index contributed by atoms with van der Waals surface area (Å²) in [5, 5.41) is 15.6. The topological polar surface area (TPSA) is 443 Å². The van der Waals surface area contributed by atoms with E-state index in [4.69, 9.17) is 80.5 Å². The van der Waals surface area contributed by atoms with Crippen LogP contribution in [0.25, 0.3) is 11.1 Å². The highest BCUT2D eigenvalue weighted by Crippen LogP contribution is 2.46. The molecule has 0 aromatic heterocycles. The van der Waals surface area contributed by atoms with E-state index < -0.39 is 226 Å². The molecule has 35 heteroatoms. The maximum absolute atomic E-state index is 14.6. The van der Waals surface area contributed by atoms with Crippen molar-refractivity contribution in [1.29, 1.82) is 0 Å². The van der Waals surface area contributed by atoms with E-state index >= 15 is 0 Å². The number of hydrogen-bond donors (Lipinski definition) is 3. The van der Waals surface area contributed by atoms with E-state index in [1.54, 1.807) is 12.1 Å². The number of nitrogens with one attached hydrogen (secondary N) is 2. The van der Waals surface area contributed by atoms with Gasteiger partial charge < -0.3 is 96.3 Å². The summed E-state index contributed by atoms with van der Waals surface area (Å²) in [6.45, 7) is 7.40. The first kappa shape index (κ1) is 75.0. The molecule has 4 fully saturated rings. The van der Waals surface area contributed by atoms with Gasteiger partial charge in [-0.2, -0.15) is 0 Å². The van der Waals surface area contributed by atoms with E-state index in [0.29, 0.717) is 4.90 Å². The number of carbonyl (C=O) groups is 14. The van der Waals surface area contributed by atoms with Crippen LogP contribution in [0.1, 0.15) is 99.6 Å². The van der Waals surface area contributed by atoms with Gasteiger partial charge in [-0.25, -0.2) is 24.1 Å². The highest BCUT2D eigenvalue weighted by Gasteiger charge is 2.65. The van der Waals surface area contributed by atoms with E-state index in [-0.39, 0.29) is 6.61 Å². The summed E-state index contributed by atoms with van der Waals surface area (Å²) in [5.41, 5.74) is 3.41. The van der Waals surface area contributed by atoms with Crippen molar-refractivity contribution in [1.82, 2.24) is 15.5 Å². The smallest absolute Gasteiger partial charge is 0.417 e. The van der Waals surface area contributed by atoms with E-state index in [2.05, 4.69) is 10.6 Å². The number of ether oxygens (including phenoxy) is 17. The molecule has 0 unspecified atom stereocenters. The maximum atomic E-state index is 14.6. The lowest BCUT2D eigenvalue weighted by Crippen LogP contribution is -2.70. The second-order valence-corrected chi connectivity index (χ2v) is 22.8. The van der Waals surface area contributed by atoms with E-state index in [0.717, 1.165) is 106 Å². The summed E-state index contributed by atoms with van der Waals surface area (Å²) >= 11 is 0. The number of amides is 4. The zero-order valence-corrected chi connectivity index (χ0v) is 54.6. The van der Waals surface area contributed by atoms with Crippen LogP contribution in [-0.2, 0) is 138 Å². The first-order valence-corrected chi connectivity index (χ1v) is 30.2. The molecule has 35 nitrogen and oxygen atoms in total. The van der Waals surface area contributed by atoms with Crippen LogP contribution in [0.5, 0.6) is 0 Å².